The van der Waals surface area contributed by atoms with Crippen LogP contribution in [0, 0.1) is 0 Å². The molecule has 0 N–H and O–H groups in total. The Kier molecular flexibility index (Phi) is 4.78. The van der Waals surface area contributed by atoms with Crippen molar-refractivity contribution in [2.75, 3.05) is 13.2 Å². The highest BCUT2D eigenvalue weighted by Gasteiger charge is 2.47. The Balaban J connectivity index is 2.11. The molecule has 0 bridgehead atoms. The predicted molar refractivity (Wildman–Crippen MR) is 77.4 cm³/mol. The first-order valence-electron chi connectivity index (χ1n) is 7.54. The van der Waals surface area contributed by atoms with Crippen LogP contribution in [-0.4, -0.2) is 30.9 Å². The van der Waals surface area contributed by atoms with E-state index >= 15 is 0 Å². The molecule has 0 amide bonds. The molecule has 0 fully saturated rings. The van der Waals surface area contributed by atoms with E-state index in [0.717, 1.165) is 0 Å². The molecule has 1 spiro atoms. The zero-order valence-electron chi connectivity index (χ0n) is 13.5. The highest BCUT2D eigenvalue weighted by atomic mass is 16.7. The van der Waals surface area contributed by atoms with Crippen molar-refractivity contribution in [1.29, 1.82) is 0 Å². The molecule has 0 aromatic rings. The van der Waals surface area contributed by atoms with Crippen molar-refractivity contribution in [2.24, 2.45) is 0 Å². The number of hydrogen-bond acceptors (Lipinski definition) is 6. The van der Waals surface area contributed by atoms with Gasteiger partial charge in [0.05, 0.1) is 30.8 Å². The minimum absolute atomic E-state index is 0.315. The van der Waals surface area contributed by atoms with E-state index in [2.05, 4.69) is 0 Å². The van der Waals surface area contributed by atoms with E-state index in [0.29, 0.717) is 55.1 Å². The number of allylic oxidation sites excluding steroid dienone is 2. The van der Waals surface area contributed by atoms with Gasteiger partial charge in [-0.05, 0) is 34.1 Å². The molecule has 6 heteroatoms. The Bertz CT molecular complexity index is 545. The molecule has 2 aliphatic rings. The molecule has 1 unspecified atom stereocenters. The standard InChI is InChI=1S/C16H22O6/c1-5-19-14(17)12-7-8-16(21-10(12)3)9-13(11(4)22-16)15(18)20-6-2/h5-9H2,1-4H3. The molecule has 2 aliphatic heterocycles. The van der Waals surface area contributed by atoms with Gasteiger partial charge < -0.3 is 18.9 Å². The van der Waals surface area contributed by atoms with Crippen LogP contribution in [-0.2, 0) is 28.5 Å². The maximum Gasteiger partial charge on any atom is 0.337 e. The van der Waals surface area contributed by atoms with Gasteiger partial charge in [0, 0.05) is 6.42 Å². The van der Waals surface area contributed by atoms with Gasteiger partial charge in [0.1, 0.15) is 11.5 Å². The molecule has 0 aliphatic carbocycles. The van der Waals surface area contributed by atoms with E-state index < -0.39 is 5.79 Å². The third-order valence-corrected chi connectivity index (χ3v) is 3.77. The predicted octanol–water partition coefficient (Wildman–Crippen LogP) is 2.59. The third-order valence-electron chi connectivity index (χ3n) is 3.77. The van der Waals surface area contributed by atoms with Gasteiger partial charge in [0.2, 0.25) is 0 Å². The third kappa shape index (κ3) is 3.10. The first-order valence-corrected chi connectivity index (χ1v) is 7.54. The van der Waals surface area contributed by atoms with Gasteiger partial charge in [-0.15, -0.1) is 0 Å². The molecule has 2 heterocycles. The number of ether oxygens (including phenoxy) is 4. The van der Waals surface area contributed by atoms with Gasteiger partial charge in [-0.25, -0.2) is 9.59 Å². The second-order valence-electron chi connectivity index (χ2n) is 5.30. The lowest BCUT2D eigenvalue weighted by molar-refractivity contribution is -0.189. The van der Waals surface area contributed by atoms with E-state index in [1.807, 2.05) is 0 Å². The maximum absolute atomic E-state index is 11.9. The summed E-state index contributed by atoms with van der Waals surface area (Å²) >= 11 is 0. The Hall–Kier alpha value is -1.98. The van der Waals surface area contributed by atoms with Crippen LogP contribution in [0.25, 0.3) is 0 Å². The molecule has 2 rings (SSSR count). The zero-order chi connectivity index (χ0) is 16.3. The molecule has 22 heavy (non-hydrogen) atoms. The van der Waals surface area contributed by atoms with Crippen LogP contribution in [0.4, 0.5) is 0 Å². The summed E-state index contributed by atoms with van der Waals surface area (Å²) in [5, 5.41) is 0. The van der Waals surface area contributed by atoms with Crippen LogP contribution in [0.1, 0.15) is 47.0 Å². The Morgan fingerprint density at radius 1 is 1.00 bits per heavy atom. The lowest BCUT2D eigenvalue weighted by Crippen LogP contribution is -2.36. The lowest BCUT2D eigenvalue weighted by atomic mass is 9.96. The quantitative estimate of drug-likeness (QED) is 0.743. The van der Waals surface area contributed by atoms with Crippen LogP contribution in [0.5, 0.6) is 0 Å². The van der Waals surface area contributed by atoms with E-state index in [-0.39, 0.29) is 11.9 Å². The molecule has 122 valence electrons. The SMILES string of the molecule is CCOC(=O)C1=C(C)OC2(CC1)CC(C(=O)OCC)=C(C)O2. The molecular weight excluding hydrogens is 288 g/mol. The molecule has 0 radical (unpaired) electrons. The number of rotatable bonds is 4. The molecular formula is C16H22O6. The normalized spacial score (nSPS) is 24.2. The molecule has 0 saturated carbocycles. The van der Waals surface area contributed by atoms with Crippen LogP contribution in [0.2, 0.25) is 0 Å². The van der Waals surface area contributed by atoms with Gasteiger partial charge in [-0.3, -0.25) is 0 Å². The minimum atomic E-state index is -0.910. The van der Waals surface area contributed by atoms with Gasteiger partial charge in [0.15, 0.2) is 0 Å². The average Bonchev–Trinajstić information content (AvgIpc) is 2.76. The molecule has 0 aromatic carbocycles. The van der Waals surface area contributed by atoms with Crippen LogP contribution < -0.4 is 0 Å². The summed E-state index contributed by atoms with van der Waals surface area (Å²) in [5.74, 6) is -0.637. The van der Waals surface area contributed by atoms with Gasteiger partial charge in [-0.2, -0.15) is 0 Å². The number of carbonyl (C=O) groups is 2. The molecule has 6 nitrogen and oxygen atoms in total. The Morgan fingerprint density at radius 2 is 1.50 bits per heavy atom. The Labute approximate surface area is 130 Å². The van der Waals surface area contributed by atoms with Crippen LogP contribution in [0.3, 0.4) is 0 Å². The fourth-order valence-electron chi connectivity index (χ4n) is 2.75. The van der Waals surface area contributed by atoms with Crippen molar-refractivity contribution in [2.45, 2.75) is 52.7 Å². The Morgan fingerprint density at radius 3 is 2.00 bits per heavy atom. The fourth-order valence-corrected chi connectivity index (χ4v) is 2.75. The second-order valence-corrected chi connectivity index (χ2v) is 5.30. The van der Waals surface area contributed by atoms with Gasteiger partial charge in [-0.1, -0.05) is 0 Å². The summed E-state index contributed by atoms with van der Waals surface area (Å²) in [7, 11) is 0. The van der Waals surface area contributed by atoms with E-state index in [1.54, 1.807) is 27.7 Å². The van der Waals surface area contributed by atoms with E-state index in [1.165, 1.54) is 0 Å². The fraction of sp³-hybridized carbons (Fsp3) is 0.625. The van der Waals surface area contributed by atoms with Gasteiger partial charge >= 0.3 is 11.9 Å². The van der Waals surface area contributed by atoms with Crippen molar-refractivity contribution < 1.29 is 28.5 Å². The lowest BCUT2D eigenvalue weighted by Gasteiger charge is -2.35. The molecule has 0 saturated heterocycles. The maximum atomic E-state index is 11.9. The van der Waals surface area contributed by atoms with Crippen LogP contribution in [0.15, 0.2) is 22.7 Å². The molecule has 0 aromatic heterocycles. The summed E-state index contributed by atoms with van der Waals surface area (Å²) in [6.45, 7) is 7.60. The highest BCUT2D eigenvalue weighted by molar-refractivity contribution is 5.90. The van der Waals surface area contributed by atoms with Crippen molar-refractivity contribution >= 4 is 11.9 Å². The summed E-state index contributed by atoms with van der Waals surface area (Å²) in [5.41, 5.74) is 1.02. The smallest absolute Gasteiger partial charge is 0.337 e. The number of hydrogen-bond donors (Lipinski definition) is 0. The van der Waals surface area contributed by atoms with Crippen molar-refractivity contribution in [3.63, 3.8) is 0 Å². The molecule has 1 atom stereocenters. The second kappa shape index (κ2) is 6.42. The highest BCUT2D eigenvalue weighted by Crippen LogP contribution is 2.44. The largest absolute Gasteiger partial charge is 0.463 e. The average molecular weight is 310 g/mol. The topological polar surface area (TPSA) is 71.1 Å². The minimum Gasteiger partial charge on any atom is -0.463 e. The monoisotopic (exact) mass is 310 g/mol. The van der Waals surface area contributed by atoms with E-state index in [4.69, 9.17) is 18.9 Å². The van der Waals surface area contributed by atoms with E-state index in [9.17, 15) is 9.59 Å². The van der Waals surface area contributed by atoms with Crippen molar-refractivity contribution in [3.8, 4) is 0 Å². The first-order chi connectivity index (χ1) is 10.4. The summed E-state index contributed by atoms with van der Waals surface area (Å²) in [6.07, 6.45) is 1.30. The summed E-state index contributed by atoms with van der Waals surface area (Å²) in [6, 6.07) is 0. The first kappa shape index (κ1) is 16.4. The van der Waals surface area contributed by atoms with Crippen molar-refractivity contribution in [3.05, 3.63) is 22.7 Å². The van der Waals surface area contributed by atoms with Crippen LogP contribution >= 0.6 is 0 Å². The van der Waals surface area contributed by atoms with Crippen molar-refractivity contribution in [1.82, 2.24) is 0 Å². The van der Waals surface area contributed by atoms with Gasteiger partial charge in [0.25, 0.3) is 5.79 Å². The summed E-state index contributed by atoms with van der Waals surface area (Å²) < 4.78 is 21.7. The number of carbonyl (C=O) groups excluding carboxylic acids is 2. The summed E-state index contributed by atoms with van der Waals surface area (Å²) in [4.78, 5) is 23.8. The zero-order valence-corrected chi connectivity index (χ0v) is 13.5. The number of esters is 2.